The van der Waals surface area contributed by atoms with Crippen molar-refractivity contribution in [3.8, 4) is 46.0 Å². The molecule has 6 rings (SSSR count). The lowest BCUT2D eigenvalue weighted by Crippen LogP contribution is -2.19. The second kappa shape index (κ2) is 15.0. The molecule has 4 heterocycles. The number of amides is 1. The molecule has 0 unspecified atom stereocenters. The average molecular weight is 697 g/mol. The molecule has 0 spiro atoms. The maximum Gasteiger partial charge on any atom is 0.412 e. The van der Waals surface area contributed by atoms with Crippen LogP contribution in [0.4, 0.5) is 16.4 Å². The van der Waals surface area contributed by atoms with Crippen molar-refractivity contribution in [1.82, 2.24) is 40.6 Å². The third-order valence-electron chi connectivity index (χ3n) is 6.72. The molecule has 0 aliphatic carbocycles. The summed E-state index contributed by atoms with van der Waals surface area (Å²) in [6.07, 6.45) is 2.24. The summed E-state index contributed by atoms with van der Waals surface area (Å²) >= 11 is 0. The summed E-state index contributed by atoms with van der Waals surface area (Å²) in [5.41, 5.74) is 1.61. The molecule has 0 saturated heterocycles. The average Bonchev–Trinajstić information content (AvgIpc) is 3.67. The molecule has 18 heteroatoms. The van der Waals surface area contributed by atoms with Crippen molar-refractivity contribution in [2.24, 2.45) is 0 Å². The number of pyridine rings is 2. The number of tetrazole rings is 1. The van der Waals surface area contributed by atoms with Crippen LogP contribution in [-0.4, -0.2) is 75.4 Å². The molecule has 0 fully saturated rings. The van der Waals surface area contributed by atoms with E-state index < -0.39 is 16.1 Å². The minimum atomic E-state index is -4.22. The van der Waals surface area contributed by atoms with Gasteiger partial charge in [-0.2, -0.15) is 10.2 Å². The fourth-order valence-electron chi connectivity index (χ4n) is 4.35. The van der Waals surface area contributed by atoms with Crippen LogP contribution < -0.4 is 24.2 Å². The van der Waals surface area contributed by atoms with E-state index in [0.717, 1.165) is 5.56 Å². The fourth-order valence-corrected chi connectivity index (χ4v) is 5.35. The number of aromatic nitrogens is 8. The number of rotatable bonds is 13. The molecule has 0 bridgehead atoms. The first kappa shape index (κ1) is 33.2. The number of carbonyl (C=O) groups excluding carboxylic acids is 1. The van der Waals surface area contributed by atoms with E-state index in [9.17, 15) is 13.2 Å². The molecule has 2 aromatic carbocycles. The number of H-pyrrole nitrogens is 1. The Morgan fingerprint density at radius 1 is 0.880 bits per heavy atom. The number of aromatic amines is 1. The van der Waals surface area contributed by atoms with Gasteiger partial charge in [0.15, 0.2) is 23.1 Å². The van der Waals surface area contributed by atoms with Gasteiger partial charge in [0.25, 0.3) is 15.9 Å². The summed E-state index contributed by atoms with van der Waals surface area (Å²) in [6.45, 7) is 1.39. The van der Waals surface area contributed by atoms with Crippen LogP contribution in [0, 0.1) is 6.92 Å². The number of hydrogen-bond donors (Lipinski definition) is 3. The van der Waals surface area contributed by atoms with E-state index >= 15 is 0 Å². The van der Waals surface area contributed by atoms with Crippen molar-refractivity contribution >= 4 is 27.8 Å². The molecular weight excluding hydrogens is 668 g/mol. The van der Waals surface area contributed by atoms with E-state index in [-0.39, 0.29) is 53.0 Å². The van der Waals surface area contributed by atoms with Gasteiger partial charge in [-0.15, -0.1) is 10.2 Å². The molecule has 254 valence electrons. The number of ether oxygens (including phenoxy) is 4. The Balaban J connectivity index is 1.39. The van der Waals surface area contributed by atoms with Crippen LogP contribution in [0.3, 0.4) is 0 Å². The monoisotopic (exact) mass is 696 g/mol. The van der Waals surface area contributed by atoms with Gasteiger partial charge in [-0.25, -0.2) is 23.2 Å². The highest BCUT2D eigenvalue weighted by molar-refractivity contribution is 7.92. The minimum absolute atomic E-state index is 0.0231. The summed E-state index contributed by atoms with van der Waals surface area (Å²) in [5, 5.41) is 16.4. The zero-order valence-electron chi connectivity index (χ0n) is 26.5. The van der Waals surface area contributed by atoms with Gasteiger partial charge in [0.05, 0.1) is 12.0 Å². The summed E-state index contributed by atoms with van der Waals surface area (Å²) in [7, 11) is -2.76. The molecule has 17 nitrogen and oxygen atoms in total. The molecule has 4 aromatic heterocycles. The van der Waals surface area contributed by atoms with Crippen LogP contribution in [0.15, 0.2) is 96.2 Å². The topological polar surface area (TPSA) is 218 Å². The standard InChI is InChI=1S/C32H28N10O7S/c1-20-10-12-22(13-11-20)50(44,45)40-30-27(49-25-8-4-3-7-24(25)46-2)31(47-17-18-48-32(43)35-26-9-5-6-15-34-26)37-28(36-30)21-14-16-33-23(19-21)29-38-41-42-39-29/h3-16,19H,17-18H2,1-2H3,(H,34,35,43)(H,36,37,40)(H,38,39,41,42). The number of methoxy groups -OCH3 is 1. The normalized spacial score (nSPS) is 11.0. The lowest BCUT2D eigenvalue weighted by atomic mass is 10.2. The van der Waals surface area contributed by atoms with Gasteiger partial charge in [-0.1, -0.05) is 35.9 Å². The maximum absolute atomic E-state index is 13.7. The highest BCUT2D eigenvalue weighted by Gasteiger charge is 2.26. The molecule has 0 aliphatic heterocycles. The van der Waals surface area contributed by atoms with Gasteiger partial charge < -0.3 is 18.9 Å². The van der Waals surface area contributed by atoms with Crippen LogP contribution in [0.1, 0.15) is 5.56 Å². The van der Waals surface area contributed by atoms with Crippen LogP contribution in [-0.2, 0) is 14.8 Å². The second-order valence-corrected chi connectivity index (χ2v) is 11.9. The van der Waals surface area contributed by atoms with Crippen molar-refractivity contribution in [3.05, 3.63) is 96.8 Å². The number of aryl methyl sites for hydroxylation is 1. The number of para-hydroxylation sites is 2. The van der Waals surface area contributed by atoms with Gasteiger partial charge in [0, 0.05) is 18.0 Å². The van der Waals surface area contributed by atoms with Crippen LogP contribution in [0.25, 0.3) is 22.9 Å². The second-order valence-electron chi connectivity index (χ2n) is 10.2. The first-order valence-corrected chi connectivity index (χ1v) is 16.3. The van der Waals surface area contributed by atoms with E-state index in [1.54, 1.807) is 66.7 Å². The van der Waals surface area contributed by atoms with Crippen LogP contribution in [0.5, 0.6) is 23.1 Å². The van der Waals surface area contributed by atoms with E-state index in [0.29, 0.717) is 22.8 Å². The highest BCUT2D eigenvalue weighted by Crippen LogP contribution is 2.41. The quantitative estimate of drug-likeness (QED) is 0.140. The molecule has 3 N–H and O–H groups in total. The molecule has 0 radical (unpaired) electrons. The van der Waals surface area contributed by atoms with E-state index in [2.05, 4.69) is 50.6 Å². The predicted molar refractivity (Wildman–Crippen MR) is 178 cm³/mol. The third-order valence-corrected chi connectivity index (χ3v) is 8.08. The Morgan fingerprint density at radius 3 is 2.42 bits per heavy atom. The highest BCUT2D eigenvalue weighted by atomic mass is 32.2. The summed E-state index contributed by atoms with van der Waals surface area (Å²) < 4.78 is 52.8. The zero-order valence-corrected chi connectivity index (χ0v) is 27.3. The van der Waals surface area contributed by atoms with Gasteiger partial charge in [0.2, 0.25) is 11.6 Å². The Kier molecular flexibility index (Phi) is 9.99. The molecule has 0 aliphatic rings. The smallest absolute Gasteiger partial charge is 0.412 e. The van der Waals surface area contributed by atoms with Gasteiger partial charge in [-0.05, 0) is 60.7 Å². The summed E-state index contributed by atoms with van der Waals surface area (Å²) in [4.78, 5) is 29.8. The lowest BCUT2D eigenvalue weighted by Gasteiger charge is -2.18. The first-order chi connectivity index (χ1) is 24.3. The minimum Gasteiger partial charge on any atom is -0.493 e. The molecule has 1 amide bonds. The van der Waals surface area contributed by atoms with Gasteiger partial charge in [0.1, 0.15) is 24.7 Å². The predicted octanol–water partition coefficient (Wildman–Crippen LogP) is 4.65. The number of nitrogens with zero attached hydrogens (tertiary/aromatic N) is 7. The summed E-state index contributed by atoms with van der Waals surface area (Å²) in [6, 6.07) is 21.2. The van der Waals surface area contributed by atoms with Gasteiger partial charge in [-0.3, -0.25) is 15.0 Å². The van der Waals surface area contributed by atoms with E-state index in [4.69, 9.17) is 18.9 Å². The molecule has 6 aromatic rings. The number of hydrogen-bond acceptors (Lipinski definition) is 14. The maximum atomic E-state index is 13.7. The van der Waals surface area contributed by atoms with Gasteiger partial charge >= 0.3 is 6.09 Å². The van der Waals surface area contributed by atoms with E-state index in [1.807, 2.05) is 6.92 Å². The SMILES string of the molecule is COc1ccccc1Oc1c(NS(=O)(=O)c2ccc(C)cc2)nc(-c2ccnc(-c3nn[nH]n3)c2)nc1OCCOC(=O)Nc1ccccn1. The van der Waals surface area contributed by atoms with Crippen molar-refractivity contribution in [1.29, 1.82) is 0 Å². The number of nitrogens with one attached hydrogen (secondary N) is 3. The molecule has 50 heavy (non-hydrogen) atoms. The van der Waals surface area contributed by atoms with Crippen molar-refractivity contribution in [3.63, 3.8) is 0 Å². The van der Waals surface area contributed by atoms with Crippen LogP contribution >= 0.6 is 0 Å². The van der Waals surface area contributed by atoms with Crippen molar-refractivity contribution < 1.29 is 32.2 Å². The first-order valence-electron chi connectivity index (χ1n) is 14.8. The fraction of sp³-hybridized carbons (Fsp3) is 0.125. The Hall–Kier alpha value is -6.69. The number of benzene rings is 2. The largest absolute Gasteiger partial charge is 0.493 e. The van der Waals surface area contributed by atoms with Crippen molar-refractivity contribution in [2.75, 3.05) is 30.4 Å². The molecular formula is C32H28N10O7S. The van der Waals surface area contributed by atoms with Crippen LogP contribution in [0.2, 0.25) is 0 Å². The Bertz CT molecular complexity index is 2190. The molecule has 0 atom stereocenters. The summed E-state index contributed by atoms with van der Waals surface area (Å²) in [5.74, 6) is 0.437. The number of carbonyl (C=O) groups is 1. The number of anilines is 2. The van der Waals surface area contributed by atoms with Crippen molar-refractivity contribution in [2.45, 2.75) is 11.8 Å². The van der Waals surface area contributed by atoms with E-state index in [1.165, 1.54) is 31.6 Å². The third kappa shape index (κ3) is 8.05. The number of sulfonamides is 1. The Morgan fingerprint density at radius 2 is 1.68 bits per heavy atom. The lowest BCUT2D eigenvalue weighted by molar-refractivity contribution is 0.135. The zero-order chi connectivity index (χ0) is 34.9. The Labute approximate surface area is 285 Å². The molecule has 0 saturated carbocycles.